The molecule has 0 aromatic heterocycles. The third kappa shape index (κ3) is 3.45. The van der Waals surface area contributed by atoms with E-state index in [1.54, 1.807) is 19.2 Å². The minimum Gasteiger partial charge on any atom is -0.508 e. The maximum absolute atomic E-state index is 9.35. The summed E-state index contributed by atoms with van der Waals surface area (Å²) in [4.78, 5) is 2.33. The van der Waals surface area contributed by atoms with E-state index in [4.69, 9.17) is 9.47 Å². The molecule has 3 rings (SSSR count). The number of methoxy groups -OCH3 is 1. The molecular weight excluding hydrogens is 278 g/mol. The van der Waals surface area contributed by atoms with Crippen molar-refractivity contribution in [3.63, 3.8) is 0 Å². The topological polar surface area (TPSA) is 41.9 Å². The second kappa shape index (κ2) is 6.60. The second-order valence-electron chi connectivity index (χ2n) is 5.50. The molecule has 0 saturated carbocycles. The summed E-state index contributed by atoms with van der Waals surface area (Å²) in [6, 6.07) is 15.1. The number of hydrogen-bond donors (Lipinski definition) is 1. The molecule has 1 heterocycles. The van der Waals surface area contributed by atoms with E-state index in [2.05, 4.69) is 4.90 Å². The molecule has 1 aliphatic rings. The van der Waals surface area contributed by atoms with E-state index in [0.29, 0.717) is 5.75 Å². The fourth-order valence-corrected chi connectivity index (χ4v) is 2.74. The first-order valence-corrected chi connectivity index (χ1v) is 7.59. The minimum absolute atomic E-state index is 0.252. The van der Waals surface area contributed by atoms with Crippen molar-refractivity contribution in [1.82, 2.24) is 0 Å². The van der Waals surface area contributed by atoms with Crippen LogP contribution in [-0.2, 0) is 0 Å². The van der Waals surface area contributed by atoms with Gasteiger partial charge in [-0.05, 0) is 48.5 Å². The summed E-state index contributed by atoms with van der Waals surface area (Å²) in [7, 11) is 1.66. The van der Waals surface area contributed by atoms with E-state index >= 15 is 0 Å². The first kappa shape index (κ1) is 14.6. The Morgan fingerprint density at radius 1 is 0.909 bits per heavy atom. The molecule has 0 unspecified atom stereocenters. The zero-order valence-corrected chi connectivity index (χ0v) is 12.7. The zero-order chi connectivity index (χ0) is 15.4. The highest BCUT2D eigenvalue weighted by atomic mass is 16.5. The van der Waals surface area contributed by atoms with Crippen molar-refractivity contribution >= 4 is 5.69 Å². The van der Waals surface area contributed by atoms with Crippen LogP contribution in [0.25, 0.3) is 0 Å². The van der Waals surface area contributed by atoms with E-state index in [0.717, 1.165) is 43.1 Å². The van der Waals surface area contributed by atoms with E-state index in [1.165, 1.54) is 0 Å². The maximum atomic E-state index is 9.35. The van der Waals surface area contributed by atoms with E-state index in [9.17, 15) is 5.11 Å². The van der Waals surface area contributed by atoms with Gasteiger partial charge < -0.3 is 19.5 Å². The van der Waals surface area contributed by atoms with Gasteiger partial charge in [-0.25, -0.2) is 0 Å². The summed E-state index contributed by atoms with van der Waals surface area (Å²) in [5.74, 6) is 2.04. The van der Waals surface area contributed by atoms with Gasteiger partial charge in [0, 0.05) is 31.6 Å². The van der Waals surface area contributed by atoms with E-state index in [1.807, 2.05) is 36.4 Å². The van der Waals surface area contributed by atoms with Crippen molar-refractivity contribution < 1.29 is 14.6 Å². The Kier molecular flexibility index (Phi) is 4.37. The third-order valence-electron chi connectivity index (χ3n) is 4.02. The highest BCUT2D eigenvalue weighted by molar-refractivity contribution is 5.49. The van der Waals surface area contributed by atoms with Crippen LogP contribution in [0, 0.1) is 0 Å². The number of piperidine rings is 1. The Hall–Kier alpha value is -2.36. The van der Waals surface area contributed by atoms with Crippen LogP contribution in [0.1, 0.15) is 12.8 Å². The first-order chi connectivity index (χ1) is 10.7. The molecule has 1 fully saturated rings. The number of ether oxygens (including phenoxy) is 2. The number of nitrogens with zero attached hydrogens (tertiary/aromatic N) is 1. The molecule has 4 heteroatoms. The van der Waals surface area contributed by atoms with Crippen LogP contribution in [0.5, 0.6) is 17.2 Å². The third-order valence-corrected chi connectivity index (χ3v) is 4.02. The monoisotopic (exact) mass is 299 g/mol. The van der Waals surface area contributed by atoms with Gasteiger partial charge in [-0.3, -0.25) is 0 Å². The maximum Gasteiger partial charge on any atom is 0.119 e. The van der Waals surface area contributed by atoms with Crippen molar-refractivity contribution in [2.75, 3.05) is 25.1 Å². The number of aromatic hydroxyl groups is 1. The van der Waals surface area contributed by atoms with Crippen LogP contribution in [0.2, 0.25) is 0 Å². The van der Waals surface area contributed by atoms with Crippen molar-refractivity contribution in [2.24, 2.45) is 0 Å². The molecule has 0 radical (unpaired) electrons. The zero-order valence-electron chi connectivity index (χ0n) is 12.7. The second-order valence-corrected chi connectivity index (χ2v) is 5.50. The molecule has 0 atom stereocenters. The van der Waals surface area contributed by atoms with Gasteiger partial charge in [-0.2, -0.15) is 0 Å². The molecule has 2 aromatic rings. The highest BCUT2D eigenvalue weighted by Gasteiger charge is 2.20. The number of benzene rings is 2. The molecule has 2 aromatic carbocycles. The summed E-state index contributed by atoms with van der Waals surface area (Å²) in [6.45, 7) is 1.93. The summed E-state index contributed by atoms with van der Waals surface area (Å²) < 4.78 is 11.2. The van der Waals surface area contributed by atoms with Crippen LogP contribution in [0.4, 0.5) is 5.69 Å². The molecule has 4 nitrogen and oxygen atoms in total. The summed E-state index contributed by atoms with van der Waals surface area (Å²) in [5.41, 5.74) is 1.15. The summed E-state index contributed by atoms with van der Waals surface area (Å²) in [6.07, 6.45) is 2.24. The number of phenolic OH excluding ortho intramolecular Hbond substituents is 1. The lowest BCUT2D eigenvalue weighted by Crippen LogP contribution is -2.38. The van der Waals surface area contributed by atoms with Crippen molar-refractivity contribution in [3.05, 3.63) is 48.5 Å². The minimum atomic E-state index is 0.252. The number of phenols is 1. The Morgan fingerprint density at radius 2 is 1.50 bits per heavy atom. The van der Waals surface area contributed by atoms with Crippen LogP contribution in [-0.4, -0.2) is 31.4 Å². The molecular formula is C18H21NO3. The smallest absolute Gasteiger partial charge is 0.119 e. The molecule has 1 N–H and O–H groups in total. The Balaban J connectivity index is 1.53. The lowest BCUT2D eigenvalue weighted by atomic mass is 10.1. The standard InChI is InChI=1S/C18H21NO3/c1-21-16-6-8-17(9-7-16)22-18-10-12-19(13-11-18)14-2-4-15(20)5-3-14/h2-9,18,20H,10-13H2,1H3. The molecule has 0 amide bonds. The SMILES string of the molecule is COc1ccc(OC2CCN(c3ccc(O)cc3)CC2)cc1. The predicted molar refractivity (Wildman–Crippen MR) is 87.0 cm³/mol. The van der Waals surface area contributed by atoms with Gasteiger partial charge in [0.25, 0.3) is 0 Å². The van der Waals surface area contributed by atoms with Crippen LogP contribution < -0.4 is 14.4 Å². The average molecular weight is 299 g/mol. The molecule has 0 aliphatic carbocycles. The summed E-state index contributed by atoms with van der Waals surface area (Å²) in [5, 5.41) is 9.35. The molecule has 1 aliphatic heterocycles. The van der Waals surface area contributed by atoms with Crippen LogP contribution in [0.15, 0.2) is 48.5 Å². The molecule has 0 bridgehead atoms. The van der Waals surface area contributed by atoms with E-state index in [-0.39, 0.29) is 6.10 Å². The Labute approximate surface area is 130 Å². The van der Waals surface area contributed by atoms with Gasteiger partial charge in [0.05, 0.1) is 7.11 Å². The lowest BCUT2D eigenvalue weighted by molar-refractivity contribution is 0.171. The van der Waals surface area contributed by atoms with Gasteiger partial charge in [0.15, 0.2) is 0 Å². The fourth-order valence-electron chi connectivity index (χ4n) is 2.74. The number of hydrogen-bond acceptors (Lipinski definition) is 4. The van der Waals surface area contributed by atoms with Gasteiger partial charge in [-0.1, -0.05) is 0 Å². The highest BCUT2D eigenvalue weighted by Crippen LogP contribution is 2.25. The van der Waals surface area contributed by atoms with Gasteiger partial charge in [0.1, 0.15) is 23.4 Å². The lowest BCUT2D eigenvalue weighted by Gasteiger charge is -2.33. The average Bonchev–Trinajstić information content (AvgIpc) is 2.57. The van der Waals surface area contributed by atoms with Crippen LogP contribution >= 0.6 is 0 Å². The van der Waals surface area contributed by atoms with Gasteiger partial charge in [0.2, 0.25) is 0 Å². The quantitative estimate of drug-likeness (QED) is 0.939. The fraction of sp³-hybridized carbons (Fsp3) is 0.333. The Morgan fingerprint density at radius 3 is 2.09 bits per heavy atom. The van der Waals surface area contributed by atoms with Gasteiger partial charge >= 0.3 is 0 Å². The van der Waals surface area contributed by atoms with Crippen molar-refractivity contribution in [1.29, 1.82) is 0 Å². The van der Waals surface area contributed by atoms with Crippen LogP contribution in [0.3, 0.4) is 0 Å². The molecule has 116 valence electrons. The largest absolute Gasteiger partial charge is 0.508 e. The Bertz CT molecular complexity index is 587. The van der Waals surface area contributed by atoms with E-state index < -0.39 is 0 Å². The molecule has 1 saturated heterocycles. The molecule has 22 heavy (non-hydrogen) atoms. The van der Waals surface area contributed by atoms with Crippen molar-refractivity contribution in [3.8, 4) is 17.2 Å². The van der Waals surface area contributed by atoms with Gasteiger partial charge in [-0.15, -0.1) is 0 Å². The summed E-state index contributed by atoms with van der Waals surface area (Å²) >= 11 is 0. The number of rotatable bonds is 4. The first-order valence-electron chi connectivity index (χ1n) is 7.59. The molecule has 0 spiro atoms. The normalized spacial score (nSPS) is 15.6. The predicted octanol–water partition coefficient (Wildman–Crippen LogP) is 3.45. The van der Waals surface area contributed by atoms with Crippen molar-refractivity contribution in [2.45, 2.75) is 18.9 Å². The number of anilines is 1.